The van der Waals surface area contributed by atoms with E-state index >= 15 is 0 Å². The van der Waals surface area contributed by atoms with Crippen LogP contribution < -0.4 is 5.69 Å². The number of imidazole rings is 1. The van der Waals surface area contributed by atoms with E-state index in [0.29, 0.717) is 11.3 Å². The van der Waals surface area contributed by atoms with Crippen LogP contribution in [0.1, 0.15) is 61.8 Å². The number of fused-ring (bicyclic) bond motifs is 1. The minimum atomic E-state index is -0.147. The molecule has 2 N–H and O–H groups in total. The molecule has 1 unspecified atom stereocenters. The molecule has 31 heavy (non-hydrogen) atoms. The Labute approximate surface area is 181 Å². The van der Waals surface area contributed by atoms with Gasteiger partial charge in [0.1, 0.15) is 5.69 Å². The monoisotopic (exact) mass is 422 g/mol. The second kappa shape index (κ2) is 7.83. The summed E-state index contributed by atoms with van der Waals surface area (Å²) in [4.78, 5) is 34.4. The number of nitrogens with one attached hydrogen (secondary N) is 2. The normalized spacial score (nSPS) is 17.1. The largest absolute Gasteiger partial charge is 0.337 e. The van der Waals surface area contributed by atoms with Crippen LogP contribution in [0, 0.1) is 5.41 Å². The van der Waals surface area contributed by atoms with Crippen molar-refractivity contribution in [1.82, 2.24) is 29.6 Å². The Morgan fingerprint density at radius 1 is 1.35 bits per heavy atom. The summed E-state index contributed by atoms with van der Waals surface area (Å²) in [6.45, 7) is 6.57. The summed E-state index contributed by atoms with van der Waals surface area (Å²) in [5.74, 6) is -0.0475. The number of hydrogen-bond donors (Lipinski definition) is 2. The van der Waals surface area contributed by atoms with Crippen molar-refractivity contribution >= 4 is 22.6 Å². The van der Waals surface area contributed by atoms with Crippen LogP contribution in [0.3, 0.4) is 0 Å². The molecule has 0 bridgehead atoms. The molecule has 164 valence electrons. The van der Waals surface area contributed by atoms with Gasteiger partial charge in [0.2, 0.25) is 0 Å². The quantitative estimate of drug-likeness (QED) is 0.674. The van der Waals surface area contributed by atoms with E-state index in [9.17, 15) is 9.59 Å². The van der Waals surface area contributed by atoms with E-state index in [-0.39, 0.29) is 23.1 Å². The fourth-order valence-electron chi connectivity index (χ4n) is 4.26. The van der Waals surface area contributed by atoms with Crippen molar-refractivity contribution in [3.05, 3.63) is 51.8 Å². The predicted octanol–water partition coefficient (Wildman–Crippen LogP) is 3.28. The summed E-state index contributed by atoms with van der Waals surface area (Å²) in [5.41, 5.74) is 5.16. The first-order valence-electron chi connectivity index (χ1n) is 10.7. The van der Waals surface area contributed by atoms with Gasteiger partial charge in [0.15, 0.2) is 5.65 Å². The van der Waals surface area contributed by atoms with E-state index in [1.54, 1.807) is 28.8 Å². The molecule has 0 radical (unpaired) electrons. The summed E-state index contributed by atoms with van der Waals surface area (Å²) in [5, 5.41) is 6.61. The minimum absolute atomic E-state index is 0.0475. The van der Waals surface area contributed by atoms with Gasteiger partial charge in [-0.05, 0) is 54.4 Å². The minimum Gasteiger partial charge on any atom is -0.337 e. The van der Waals surface area contributed by atoms with Crippen molar-refractivity contribution in [1.29, 1.82) is 0 Å². The van der Waals surface area contributed by atoms with Gasteiger partial charge in [-0.2, -0.15) is 5.10 Å². The fourth-order valence-corrected chi connectivity index (χ4v) is 4.26. The molecule has 0 fully saturated rings. The first-order chi connectivity index (χ1) is 14.6. The summed E-state index contributed by atoms with van der Waals surface area (Å²) in [7, 11) is 3.59. The number of aromatic amines is 2. The Morgan fingerprint density at radius 2 is 2.13 bits per heavy atom. The highest BCUT2D eigenvalue weighted by Gasteiger charge is 2.26. The molecule has 3 aromatic heterocycles. The van der Waals surface area contributed by atoms with Gasteiger partial charge < -0.3 is 9.88 Å². The predicted molar refractivity (Wildman–Crippen MR) is 121 cm³/mol. The van der Waals surface area contributed by atoms with E-state index in [0.717, 1.165) is 42.5 Å². The number of aryl methyl sites for hydroxylation is 1. The summed E-state index contributed by atoms with van der Waals surface area (Å²) >= 11 is 0. The van der Waals surface area contributed by atoms with Crippen LogP contribution in [0.2, 0.25) is 0 Å². The number of carbonyl (C=O) groups is 1. The lowest BCUT2D eigenvalue weighted by atomic mass is 9.86. The first kappa shape index (κ1) is 21.1. The van der Waals surface area contributed by atoms with Crippen molar-refractivity contribution < 1.29 is 4.79 Å². The van der Waals surface area contributed by atoms with Crippen LogP contribution in [0.5, 0.6) is 0 Å². The molecule has 0 aliphatic heterocycles. The highest BCUT2D eigenvalue weighted by molar-refractivity contribution is 5.92. The van der Waals surface area contributed by atoms with Crippen molar-refractivity contribution in [2.45, 2.75) is 52.5 Å². The Kier molecular flexibility index (Phi) is 5.33. The van der Waals surface area contributed by atoms with Gasteiger partial charge in [-0.15, -0.1) is 0 Å². The van der Waals surface area contributed by atoms with Crippen LogP contribution in [0.4, 0.5) is 0 Å². The Hall–Kier alpha value is -3.16. The van der Waals surface area contributed by atoms with Crippen LogP contribution in [0.15, 0.2) is 29.2 Å². The van der Waals surface area contributed by atoms with Gasteiger partial charge in [-0.25, -0.2) is 9.78 Å². The topological polar surface area (TPSA) is 99.7 Å². The molecule has 3 aromatic rings. The number of aromatic nitrogens is 5. The summed E-state index contributed by atoms with van der Waals surface area (Å²) in [6.07, 6.45) is 7.08. The first-order valence-corrected chi connectivity index (χ1v) is 10.7. The number of carbonyl (C=O) groups excluding carboxylic acids is 1. The van der Waals surface area contributed by atoms with E-state index in [1.807, 2.05) is 7.05 Å². The van der Waals surface area contributed by atoms with Crippen molar-refractivity contribution in [3.63, 3.8) is 0 Å². The number of pyridine rings is 1. The molecule has 0 spiro atoms. The third kappa shape index (κ3) is 4.19. The molecule has 1 aliphatic carbocycles. The third-order valence-electron chi connectivity index (χ3n) is 5.97. The molecular weight excluding hydrogens is 392 g/mol. The summed E-state index contributed by atoms with van der Waals surface area (Å²) < 4.78 is 1.58. The van der Waals surface area contributed by atoms with Gasteiger partial charge in [0, 0.05) is 26.3 Å². The molecule has 8 nitrogen and oxygen atoms in total. The number of amides is 1. The molecule has 0 aromatic carbocycles. The number of rotatable bonds is 4. The van der Waals surface area contributed by atoms with Crippen LogP contribution in [-0.2, 0) is 13.5 Å². The molecule has 1 atom stereocenters. The van der Waals surface area contributed by atoms with E-state index in [4.69, 9.17) is 4.98 Å². The van der Waals surface area contributed by atoms with Crippen molar-refractivity contribution in [3.8, 4) is 0 Å². The molecule has 4 rings (SSSR count). The number of allylic oxidation sites excluding steroid dienone is 1. The smallest absolute Gasteiger partial charge is 0.327 e. The molecule has 1 amide bonds. The molecule has 0 saturated carbocycles. The van der Waals surface area contributed by atoms with E-state index in [1.165, 1.54) is 5.57 Å². The van der Waals surface area contributed by atoms with Crippen LogP contribution in [-0.4, -0.2) is 48.6 Å². The number of hydrogen-bond acceptors (Lipinski definition) is 4. The van der Waals surface area contributed by atoms with Gasteiger partial charge >= 0.3 is 5.69 Å². The zero-order valence-electron chi connectivity index (χ0n) is 18.8. The zero-order chi connectivity index (χ0) is 22.3. The van der Waals surface area contributed by atoms with Crippen LogP contribution in [0.25, 0.3) is 16.7 Å². The van der Waals surface area contributed by atoms with Crippen LogP contribution >= 0.6 is 0 Å². The molecule has 8 heteroatoms. The zero-order valence-corrected chi connectivity index (χ0v) is 18.8. The van der Waals surface area contributed by atoms with E-state index in [2.05, 4.69) is 48.1 Å². The maximum Gasteiger partial charge on any atom is 0.327 e. The maximum absolute atomic E-state index is 12.6. The Bertz CT molecular complexity index is 1190. The average Bonchev–Trinajstić information content (AvgIpc) is 3.36. The second-order valence-corrected chi connectivity index (χ2v) is 9.64. The van der Waals surface area contributed by atoms with Gasteiger partial charge in [0.05, 0.1) is 11.2 Å². The third-order valence-corrected chi connectivity index (χ3v) is 5.97. The Balaban J connectivity index is 1.62. The average molecular weight is 423 g/mol. The fraction of sp³-hybridized carbons (Fsp3) is 0.478. The molecule has 1 aliphatic rings. The standard InChI is InChI=1S/C23H30N6O2/c1-23(2,3)13-15-12-18(25-20-19(15)26-22(31)29(20)5)14-6-8-16(9-7-14)28(4)21(30)17-10-11-24-27-17/h6,10-12,16H,7-9,13H2,1-5H3,(H,24,27)(H,26,31). The highest BCUT2D eigenvalue weighted by Crippen LogP contribution is 2.32. The second-order valence-electron chi connectivity index (χ2n) is 9.64. The van der Waals surface area contributed by atoms with E-state index < -0.39 is 0 Å². The lowest BCUT2D eigenvalue weighted by Gasteiger charge is -2.30. The maximum atomic E-state index is 12.6. The summed E-state index contributed by atoms with van der Waals surface area (Å²) in [6, 6.07) is 3.95. The van der Waals surface area contributed by atoms with Gasteiger partial charge in [0.25, 0.3) is 5.91 Å². The number of nitrogens with zero attached hydrogens (tertiary/aromatic N) is 4. The lowest BCUT2D eigenvalue weighted by molar-refractivity contribution is 0.0718. The molecular formula is C23H30N6O2. The lowest BCUT2D eigenvalue weighted by Crippen LogP contribution is -2.38. The Morgan fingerprint density at radius 3 is 2.74 bits per heavy atom. The molecule has 0 saturated heterocycles. The SMILES string of the molecule is CN(C(=O)c1ccn[nH]1)C1CC=C(c2cc(CC(C)(C)C)c3[nH]c(=O)n(C)c3n2)CC1. The van der Waals surface area contributed by atoms with Crippen molar-refractivity contribution in [2.75, 3.05) is 7.05 Å². The van der Waals surface area contributed by atoms with Crippen molar-refractivity contribution in [2.24, 2.45) is 12.5 Å². The number of H-pyrrole nitrogens is 2. The van der Waals surface area contributed by atoms with Gasteiger partial charge in [-0.3, -0.25) is 14.5 Å². The highest BCUT2D eigenvalue weighted by atomic mass is 16.2. The molecule has 3 heterocycles. The van der Waals surface area contributed by atoms with Gasteiger partial charge in [-0.1, -0.05) is 26.8 Å².